The van der Waals surface area contributed by atoms with Crippen LogP contribution in [0.1, 0.15) is 41.9 Å². The first-order chi connectivity index (χ1) is 13.4. The van der Waals surface area contributed by atoms with Crippen LogP contribution in [0.3, 0.4) is 0 Å². The lowest BCUT2D eigenvalue weighted by atomic mass is 9.89. The molecule has 3 aromatic rings. The Morgan fingerprint density at radius 1 is 1.21 bits per heavy atom. The van der Waals surface area contributed by atoms with E-state index in [0.29, 0.717) is 5.56 Å². The second-order valence-electron chi connectivity index (χ2n) is 7.61. The molecule has 3 heterocycles. The maximum Gasteiger partial charge on any atom is 0.327 e. The molecule has 0 bridgehead atoms. The Bertz CT molecular complexity index is 1190. The molecule has 1 atom stereocenters. The monoisotopic (exact) mass is 378 g/mol. The van der Waals surface area contributed by atoms with Gasteiger partial charge in [0.25, 0.3) is 11.5 Å². The van der Waals surface area contributed by atoms with E-state index in [2.05, 4.69) is 28.8 Å². The largest absolute Gasteiger partial charge is 0.327 e. The van der Waals surface area contributed by atoms with E-state index in [4.69, 9.17) is 0 Å². The van der Waals surface area contributed by atoms with Crippen molar-refractivity contribution in [3.05, 3.63) is 68.0 Å². The molecule has 0 fully saturated rings. The number of rotatable bonds is 2. The van der Waals surface area contributed by atoms with Gasteiger partial charge in [-0.05, 0) is 48.9 Å². The number of aromatic nitrogens is 3. The summed E-state index contributed by atoms with van der Waals surface area (Å²) in [4.78, 5) is 48.2. The second kappa shape index (κ2) is 6.74. The lowest BCUT2D eigenvalue weighted by molar-refractivity contribution is 0.0960. The first-order valence-electron chi connectivity index (χ1n) is 9.42. The minimum Gasteiger partial charge on any atom is -0.303 e. The number of para-hydroxylation sites is 1. The van der Waals surface area contributed by atoms with Gasteiger partial charge in [-0.2, -0.15) is 0 Å². The Hall–Kier alpha value is -3.22. The van der Waals surface area contributed by atoms with Crippen molar-refractivity contribution in [2.75, 3.05) is 4.90 Å². The molecule has 0 radical (unpaired) electrons. The molecule has 0 saturated heterocycles. The summed E-state index contributed by atoms with van der Waals surface area (Å²) in [5.74, 6) is 0.0542. The second-order valence-corrected chi connectivity index (χ2v) is 7.61. The number of aryl methyl sites for hydroxylation is 2. The molecule has 2 aromatic heterocycles. The number of pyridine rings is 1. The number of carbonyl (C=O) groups excluding carboxylic acids is 1. The third-order valence-corrected chi connectivity index (χ3v) is 5.40. The van der Waals surface area contributed by atoms with Gasteiger partial charge in [-0.3, -0.25) is 19.6 Å². The fraction of sp³-hybridized carbons (Fsp3) is 0.333. The maximum atomic E-state index is 13.5. The molecule has 144 valence electrons. The Kier molecular flexibility index (Phi) is 4.37. The predicted molar refractivity (Wildman–Crippen MR) is 108 cm³/mol. The summed E-state index contributed by atoms with van der Waals surface area (Å²) in [6.07, 6.45) is 1.80. The summed E-state index contributed by atoms with van der Waals surface area (Å²) in [6, 6.07) is 9.58. The number of carbonyl (C=O) groups is 1. The van der Waals surface area contributed by atoms with Gasteiger partial charge in [0.1, 0.15) is 11.3 Å². The molecule has 4 rings (SSSR count). The highest BCUT2D eigenvalue weighted by molar-refractivity contribution is 6.07. The van der Waals surface area contributed by atoms with Crippen LogP contribution in [0.5, 0.6) is 0 Å². The van der Waals surface area contributed by atoms with Crippen molar-refractivity contribution in [3.8, 4) is 0 Å². The van der Waals surface area contributed by atoms with Gasteiger partial charge in [0.2, 0.25) is 0 Å². The number of hydrogen-bond donors (Lipinski definition) is 2. The van der Waals surface area contributed by atoms with Crippen LogP contribution in [-0.2, 0) is 6.42 Å². The van der Waals surface area contributed by atoms with Crippen molar-refractivity contribution in [1.82, 2.24) is 15.0 Å². The number of hydrogen-bond acceptors (Lipinski definition) is 4. The van der Waals surface area contributed by atoms with Crippen LogP contribution in [0.25, 0.3) is 11.0 Å². The van der Waals surface area contributed by atoms with E-state index in [-0.39, 0.29) is 34.6 Å². The summed E-state index contributed by atoms with van der Waals surface area (Å²) < 4.78 is 0. The Morgan fingerprint density at radius 3 is 2.71 bits per heavy atom. The highest BCUT2D eigenvalue weighted by Gasteiger charge is 2.34. The molecule has 0 saturated carbocycles. The zero-order chi connectivity index (χ0) is 20.0. The molecule has 28 heavy (non-hydrogen) atoms. The molecule has 7 heteroatoms. The van der Waals surface area contributed by atoms with Gasteiger partial charge in [0.05, 0.1) is 5.39 Å². The average molecular weight is 378 g/mol. The minimum absolute atomic E-state index is 0.0541. The van der Waals surface area contributed by atoms with Crippen molar-refractivity contribution < 1.29 is 4.79 Å². The van der Waals surface area contributed by atoms with E-state index in [1.54, 1.807) is 13.0 Å². The number of amides is 1. The first-order valence-corrected chi connectivity index (χ1v) is 9.42. The van der Waals surface area contributed by atoms with Crippen LogP contribution in [0, 0.1) is 12.8 Å². The van der Waals surface area contributed by atoms with Gasteiger partial charge >= 0.3 is 5.69 Å². The fourth-order valence-corrected chi connectivity index (χ4v) is 4.05. The van der Waals surface area contributed by atoms with E-state index in [9.17, 15) is 14.4 Å². The van der Waals surface area contributed by atoms with E-state index in [0.717, 1.165) is 24.1 Å². The van der Waals surface area contributed by atoms with Crippen LogP contribution in [0.15, 0.2) is 39.9 Å². The van der Waals surface area contributed by atoms with E-state index in [1.807, 2.05) is 29.2 Å². The van der Waals surface area contributed by atoms with Crippen LogP contribution < -0.4 is 16.1 Å². The van der Waals surface area contributed by atoms with E-state index in [1.165, 1.54) is 0 Å². The third kappa shape index (κ3) is 2.93. The van der Waals surface area contributed by atoms with Crippen molar-refractivity contribution >= 4 is 22.6 Å². The number of anilines is 1. The van der Waals surface area contributed by atoms with Crippen molar-refractivity contribution in [2.45, 2.75) is 39.7 Å². The number of H-pyrrole nitrogens is 2. The molecular formula is C21H22N4O3. The quantitative estimate of drug-likeness (QED) is 0.716. The van der Waals surface area contributed by atoms with Crippen LogP contribution in [0.2, 0.25) is 0 Å². The maximum absolute atomic E-state index is 13.5. The number of nitrogens with zero attached hydrogens (tertiary/aromatic N) is 2. The smallest absolute Gasteiger partial charge is 0.303 e. The summed E-state index contributed by atoms with van der Waals surface area (Å²) in [5.41, 5.74) is 1.82. The summed E-state index contributed by atoms with van der Waals surface area (Å²) in [7, 11) is 0. The van der Waals surface area contributed by atoms with Gasteiger partial charge in [-0.25, -0.2) is 9.78 Å². The van der Waals surface area contributed by atoms with E-state index >= 15 is 0 Å². The van der Waals surface area contributed by atoms with Gasteiger partial charge < -0.3 is 4.90 Å². The van der Waals surface area contributed by atoms with Gasteiger partial charge in [-0.1, -0.05) is 32.0 Å². The van der Waals surface area contributed by atoms with Crippen molar-refractivity contribution in [1.29, 1.82) is 0 Å². The molecule has 0 unspecified atom stereocenters. The van der Waals surface area contributed by atoms with Crippen LogP contribution in [0.4, 0.5) is 5.69 Å². The Morgan fingerprint density at radius 2 is 1.96 bits per heavy atom. The number of nitrogens with one attached hydrogen (secondary N) is 2. The SMILES string of the molecule is Cc1cc(C(=O)N2c3ccccc3CC[C@H]2C(C)C)nc2[nH]c(=O)[nH]c(=O)c12. The third-order valence-electron chi connectivity index (χ3n) is 5.40. The van der Waals surface area contributed by atoms with Gasteiger partial charge in [0.15, 0.2) is 0 Å². The first kappa shape index (κ1) is 18.2. The predicted octanol–water partition coefficient (Wildman–Crippen LogP) is 2.54. The summed E-state index contributed by atoms with van der Waals surface area (Å²) in [5, 5.41) is 0.288. The molecule has 1 aliphatic heterocycles. The standard InChI is InChI=1S/C21H22N4O3/c1-11(2)15-9-8-13-6-4-5-7-16(13)25(15)20(27)14-10-12(3)17-18(22-14)23-21(28)24-19(17)26/h4-7,10-11,15H,8-9H2,1-3H3,(H2,22,23,24,26,28)/t15-/m0/s1. The summed E-state index contributed by atoms with van der Waals surface area (Å²) >= 11 is 0. The number of benzene rings is 1. The molecule has 1 amide bonds. The molecule has 1 aliphatic rings. The van der Waals surface area contributed by atoms with Gasteiger partial charge in [-0.15, -0.1) is 0 Å². The molecule has 1 aromatic carbocycles. The topological polar surface area (TPSA) is 98.9 Å². The highest BCUT2D eigenvalue weighted by atomic mass is 16.2. The molecular weight excluding hydrogens is 356 g/mol. The zero-order valence-electron chi connectivity index (χ0n) is 16.1. The molecule has 0 spiro atoms. The lowest BCUT2D eigenvalue weighted by Gasteiger charge is -2.39. The normalized spacial score (nSPS) is 16.4. The number of fused-ring (bicyclic) bond motifs is 2. The molecule has 7 nitrogen and oxygen atoms in total. The van der Waals surface area contributed by atoms with Crippen molar-refractivity contribution in [2.24, 2.45) is 5.92 Å². The van der Waals surface area contributed by atoms with E-state index < -0.39 is 11.2 Å². The average Bonchev–Trinajstić information content (AvgIpc) is 2.65. The zero-order valence-corrected chi connectivity index (χ0v) is 16.1. The highest BCUT2D eigenvalue weighted by Crippen LogP contribution is 2.34. The molecule has 0 aliphatic carbocycles. The van der Waals surface area contributed by atoms with Crippen LogP contribution in [-0.4, -0.2) is 26.9 Å². The summed E-state index contributed by atoms with van der Waals surface area (Å²) in [6.45, 7) is 5.95. The number of aromatic amines is 2. The Labute approximate surface area is 161 Å². The fourth-order valence-electron chi connectivity index (χ4n) is 4.05. The Balaban J connectivity index is 1.88. The molecule has 2 N–H and O–H groups in total. The van der Waals surface area contributed by atoms with Crippen molar-refractivity contribution in [3.63, 3.8) is 0 Å². The van der Waals surface area contributed by atoms with Gasteiger partial charge in [0, 0.05) is 11.7 Å². The van der Waals surface area contributed by atoms with Crippen LogP contribution >= 0.6 is 0 Å². The lowest BCUT2D eigenvalue weighted by Crippen LogP contribution is -2.47. The minimum atomic E-state index is -0.641.